The van der Waals surface area contributed by atoms with E-state index in [0.29, 0.717) is 19.0 Å². The number of nitrogens with two attached hydrogens (primary N) is 1. The van der Waals surface area contributed by atoms with E-state index in [0.717, 1.165) is 37.9 Å². The minimum atomic E-state index is -0.614. The number of piperidine rings is 2. The van der Waals surface area contributed by atoms with E-state index in [1.165, 1.54) is 6.42 Å². The zero-order valence-corrected chi connectivity index (χ0v) is 16.3. The summed E-state index contributed by atoms with van der Waals surface area (Å²) in [6.45, 7) is 5.24. The molecule has 0 bridgehead atoms. The van der Waals surface area contributed by atoms with E-state index in [1.807, 2.05) is 40.1 Å². The van der Waals surface area contributed by atoms with Crippen LogP contribution in [0.1, 0.15) is 44.2 Å². The lowest BCUT2D eigenvalue weighted by Gasteiger charge is -2.37. The molecule has 1 aromatic carbocycles. The van der Waals surface area contributed by atoms with Crippen LogP contribution >= 0.6 is 12.4 Å². The minimum absolute atomic E-state index is 0. The van der Waals surface area contributed by atoms with Crippen LogP contribution < -0.4 is 5.73 Å². The Kier molecular flexibility index (Phi) is 7.47. The predicted octanol–water partition coefficient (Wildman–Crippen LogP) is 2.61. The summed E-state index contributed by atoms with van der Waals surface area (Å²) in [6, 6.07) is 8.86. The third kappa shape index (κ3) is 4.77. The van der Waals surface area contributed by atoms with Crippen LogP contribution in [0.5, 0.6) is 0 Å². The van der Waals surface area contributed by atoms with Gasteiger partial charge in [0.15, 0.2) is 0 Å². The van der Waals surface area contributed by atoms with Crippen molar-refractivity contribution in [1.29, 1.82) is 0 Å². The van der Waals surface area contributed by atoms with E-state index in [2.05, 4.69) is 6.92 Å². The van der Waals surface area contributed by atoms with Crippen LogP contribution in [-0.4, -0.2) is 47.8 Å². The van der Waals surface area contributed by atoms with Gasteiger partial charge in [-0.2, -0.15) is 0 Å². The van der Waals surface area contributed by atoms with Crippen LogP contribution in [-0.2, 0) is 9.59 Å². The van der Waals surface area contributed by atoms with Crippen molar-refractivity contribution in [1.82, 2.24) is 9.80 Å². The summed E-state index contributed by atoms with van der Waals surface area (Å²) in [4.78, 5) is 29.2. The first-order valence-corrected chi connectivity index (χ1v) is 9.44. The molecule has 2 N–H and O–H groups in total. The van der Waals surface area contributed by atoms with Crippen molar-refractivity contribution in [3.8, 4) is 0 Å². The number of rotatable bonds is 3. The highest BCUT2D eigenvalue weighted by molar-refractivity contribution is 5.85. The fourth-order valence-electron chi connectivity index (χ4n) is 3.99. The largest absolute Gasteiger partial charge is 0.342 e. The zero-order chi connectivity index (χ0) is 17.8. The van der Waals surface area contributed by atoms with Crippen LogP contribution in [0.25, 0.3) is 0 Å². The number of hydrogen-bond acceptors (Lipinski definition) is 3. The first kappa shape index (κ1) is 20.7. The smallest absolute Gasteiger partial charge is 0.244 e. The van der Waals surface area contributed by atoms with Gasteiger partial charge in [0.05, 0.1) is 0 Å². The molecule has 0 aliphatic carbocycles. The van der Waals surface area contributed by atoms with Gasteiger partial charge in [0.25, 0.3) is 0 Å². The van der Waals surface area contributed by atoms with Crippen LogP contribution in [0.3, 0.4) is 0 Å². The van der Waals surface area contributed by atoms with Gasteiger partial charge < -0.3 is 15.5 Å². The first-order chi connectivity index (χ1) is 12.1. The molecule has 0 spiro atoms. The molecule has 0 aromatic heterocycles. The summed E-state index contributed by atoms with van der Waals surface area (Å²) in [6.07, 6.45) is 3.82. The second-order valence-corrected chi connectivity index (χ2v) is 7.52. The molecule has 26 heavy (non-hydrogen) atoms. The number of amides is 2. The average Bonchev–Trinajstić information content (AvgIpc) is 2.67. The van der Waals surface area contributed by atoms with Crippen molar-refractivity contribution in [2.24, 2.45) is 17.6 Å². The Bertz CT molecular complexity index is 602. The molecule has 3 rings (SSSR count). The average molecular weight is 380 g/mol. The van der Waals surface area contributed by atoms with Crippen molar-refractivity contribution in [2.75, 3.05) is 26.2 Å². The van der Waals surface area contributed by atoms with Crippen LogP contribution in [0.4, 0.5) is 0 Å². The Morgan fingerprint density at radius 3 is 2.31 bits per heavy atom. The summed E-state index contributed by atoms with van der Waals surface area (Å²) in [7, 11) is 0. The van der Waals surface area contributed by atoms with Gasteiger partial charge in [-0.1, -0.05) is 37.3 Å². The third-order valence-electron chi connectivity index (χ3n) is 5.55. The first-order valence-electron chi connectivity index (χ1n) is 9.44. The highest BCUT2D eigenvalue weighted by Crippen LogP contribution is 2.25. The molecule has 2 fully saturated rings. The Morgan fingerprint density at radius 2 is 1.69 bits per heavy atom. The van der Waals surface area contributed by atoms with Gasteiger partial charge in [-0.05, 0) is 37.2 Å². The molecule has 2 aliphatic heterocycles. The third-order valence-corrected chi connectivity index (χ3v) is 5.55. The molecular weight excluding hydrogens is 350 g/mol. The SMILES string of the molecule is CC1CCCN(C(=O)C2CCN(C(=O)C(N)c3ccccc3)CC2)C1.Cl. The Morgan fingerprint density at radius 1 is 1.04 bits per heavy atom. The van der Waals surface area contributed by atoms with Gasteiger partial charge in [0.1, 0.15) is 6.04 Å². The summed E-state index contributed by atoms with van der Waals surface area (Å²) >= 11 is 0. The minimum Gasteiger partial charge on any atom is -0.342 e. The number of likely N-dealkylation sites (tertiary alicyclic amines) is 2. The van der Waals surface area contributed by atoms with E-state index in [1.54, 1.807) is 0 Å². The fourth-order valence-corrected chi connectivity index (χ4v) is 3.99. The maximum Gasteiger partial charge on any atom is 0.244 e. The highest BCUT2D eigenvalue weighted by atomic mass is 35.5. The standard InChI is InChI=1S/C20H29N3O2.ClH/c1-15-6-5-11-23(14-15)19(24)17-9-12-22(13-10-17)20(25)18(21)16-7-3-2-4-8-16;/h2-4,7-8,15,17-18H,5-6,9-14,21H2,1H3;1H. The van der Waals surface area contributed by atoms with E-state index in [-0.39, 0.29) is 30.1 Å². The molecular formula is C20H30ClN3O2. The normalized spacial score (nSPS) is 22.5. The number of benzene rings is 1. The topological polar surface area (TPSA) is 66.6 Å². The Labute approximate surface area is 162 Å². The summed E-state index contributed by atoms with van der Waals surface area (Å²) < 4.78 is 0. The van der Waals surface area contributed by atoms with Gasteiger partial charge in [0, 0.05) is 32.1 Å². The zero-order valence-electron chi connectivity index (χ0n) is 15.5. The molecule has 1 aromatic rings. The summed E-state index contributed by atoms with van der Waals surface area (Å²) in [5, 5.41) is 0. The van der Waals surface area contributed by atoms with Gasteiger partial charge in [0.2, 0.25) is 11.8 Å². The summed E-state index contributed by atoms with van der Waals surface area (Å²) in [5.74, 6) is 0.903. The monoisotopic (exact) mass is 379 g/mol. The molecule has 2 aliphatic rings. The molecule has 0 saturated carbocycles. The van der Waals surface area contributed by atoms with Crippen LogP contribution in [0, 0.1) is 11.8 Å². The second kappa shape index (κ2) is 9.38. The Hall–Kier alpha value is -1.59. The lowest BCUT2D eigenvalue weighted by molar-refractivity contribution is -0.142. The molecule has 2 heterocycles. The fraction of sp³-hybridized carbons (Fsp3) is 0.600. The lowest BCUT2D eigenvalue weighted by Crippen LogP contribution is -2.48. The van der Waals surface area contributed by atoms with Gasteiger partial charge >= 0.3 is 0 Å². The molecule has 2 amide bonds. The quantitative estimate of drug-likeness (QED) is 0.877. The number of halogens is 1. The van der Waals surface area contributed by atoms with Crippen molar-refractivity contribution in [3.63, 3.8) is 0 Å². The molecule has 2 atom stereocenters. The van der Waals surface area contributed by atoms with Gasteiger partial charge in [-0.3, -0.25) is 9.59 Å². The van der Waals surface area contributed by atoms with E-state index in [4.69, 9.17) is 5.73 Å². The van der Waals surface area contributed by atoms with Gasteiger partial charge in [-0.15, -0.1) is 12.4 Å². The maximum atomic E-state index is 12.7. The predicted molar refractivity (Wildman–Crippen MR) is 105 cm³/mol. The van der Waals surface area contributed by atoms with Crippen LogP contribution in [0.15, 0.2) is 30.3 Å². The second-order valence-electron chi connectivity index (χ2n) is 7.52. The van der Waals surface area contributed by atoms with Gasteiger partial charge in [-0.25, -0.2) is 0 Å². The van der Waals surface area contributed by atoms with Crippen molar-refractivity contribution >= 4 is 24.2 Å². The molecule has 2 saturated heterocycles. The number of carbonyl (C=O) groups excluding carboxylic acids is 2. The van der Waals surface area contributed by atoms with E-state index >= 15 is 0 Å². The number of hydrogen-bond donors (Lipinski definition) is 1. The Balaban J connectivity index is 0.00000243. The van der Waals surface area contributed by atoms with Crippen molar-refractivity contribution < 1.29 is 9.59 Å². The van der Waals surface area contributed by atoms with E-state index < -0.39 is 6.04 Å². The lowest BCUT2D eigenvalue weighted by atomic mass is 9.92. The molecule has 5 nitrogen and oxygen atoms in total. The number of carbonyl (C=O) groups is 2. The molecule has 2 unspecified atom stereocenters. The molecule has 6 heteroatoms. The highest BCUT2D eigenvalue weighted by Gasteiger charge is 2.33. The maximum absolute atomic E-state index is 12.7. The molecule has 144 valence electrons. The van der Waals surface area contributed by atoms with Crippen molar-refractivity contribution in [3.05, 3.63) is 35.9 Å². The summed E-state index contributed by atoms with van der Waals surface area (Å²) in [5.41, 5.74) is 6.97. The van der Waals surface area contributed by atoms with Crippen LogP contribution in [0.2, 0.25) is 0 Å². The van der Waals surface area contributed by atoms with Crippen molar-refractivity contribution in [2.45, 2.75) is 38.6 Å². The molecule has 0 radical (unpaired) electrons. The van der Waals surface area contributed by atoms with E-state index in [9.17, 15) is 9.59 Å². The number of nitrogens with zero attached hydrogens (tertiary/aromatic N) is 2.